The van der Waals surface area contributed by atoms with Crippen LogP contribution in [0, 0.1) is 0 Å². The lowest BCUT2D eigenvalue weighted by molar-refractivity contribution is 0.707. The monoisotopic (exact) mass is 268 g/mol. The Kier molecular flexibility index (Phi) is 3.56. The molecule has 0 radical (unpaired) electrons. The first kappa shape index (κ1) is 12.9. The molecule has 0 aliphatic rings. The van der Waals surface area contributed by atoms with Gasteiger partial charge in [0.05, 0.1) is 11.9 Å². The van der Waals surface area contributed by atoms with Gasteiger partial charge >= 0.3 is 0 Å². The molecule has 2 N–H and O–H groups in total. The topological polar surface area (TPSA) is 45.6 Å². The van der Waals surface area contributed by atoms with Crippen LogP contribution in [0.2, 0.25) is 0 Å². The maximum Gasteiger partial charge on any atom is 0.106 e. The van der Waals surface area contributed by atoms with Gasteiger partial charge in [0.15, 0.2) is 0 Å². The average molecular weight is 268 g/mol. The minimum Gasteiger partial charge on any atom is -0.350 e. The van der Waals surface area contributed by atoms with E-state index in [1.54, 1.807) is 0 Å². The number of nitrogens with one attached hydrogen (secondary N) is 2. The van der Waals surface area contributed by atoms with Gasteiger partial charge < -0.3 is 14.9 Å². The molecule has 4 nitrogen and oxygen atoms in total. The molecule has 0 spiro atoms. The number of aryl methyl sites for hydroxylation is 2. The fraction of sp³-hybridized carbons (Fsp3) is 0.312. The van der Waals surface area contributed by atoms with Crippen LogP contribution in [0.3, 0.4) is 0 Å². The van der Waals surface area contributed by atoms with E-state index in [1.807, 2.05) is 13.2 Å². The standard InChI is InChI=1S/C16H20N4/c1-17-9-5-8-16-18-10-14(19-16)13-11-20(2)15-7-4-3-6-12(13)15/h3-4,6-7,10-11,17H,5,8-9H2,1-2H3,(H,18,19). The first-order valence-electron chi connectivity index (χ1n) is 7.02. The maximum atomic E-state index is 4.49. The minimum absolute atomic E-state index is 0.978. The van der Waals surface area contributed by atoms with Crippen molar-refractivity contribution in [3.05, 3.63) is 42.5 Å². The van der Waals surface area contributed by atoms with E-state index in [0.29, 0.717) is 0 Å². The summed E-state index contributed by atoms with van der Waals surface area (Å²) >= 11 is 0. The summed E-state index contributed by atoms with van der Waals surface area (Å²) in [6, 6.07) is 8.45. The summed E-state index contributed by atoms with van der Waals surface area (Å²) in [5.41, 5.74) is 3.56. The average Bonchev–Trinajstić information content (AvgIpc) is 3.05. The van der Waals surface area contributed by atoms with Crippen molar-refractivity contribution in [2.24, 2.45) is 7.05 Å². The number of rotatable bonds is 5. The van der Waals surface area contributed by atoms with Gasteiger partial charge in [0.1, 0.15) is 5.82 Å². The Morgan fingerprint density at radius 1 is 1.30 bits per heavy atom. The smallest absolute Gasteiger partial charge is 0.106 e. The third kappa shape index (κ3) is 2.34. The van der Waals surface area contributed by atoms with Crippen molar-refractivity contribution in [2.45, 2.75) is 12.8 Å². The summed E-state index contributed by atoms with van der Waals surface area (Å²) in [4.78, 5) is 7.93. The summed E-state index contributed by atoms with van der Waals surface area (Å²) in [7, 11) is 4.06. The number of H-pyrrole nitrogens is 1. The van der Waals surface area contributed by atoms with Gasteiger partial charge in [-0.2, -0.15) is 0 Å². The van der Waals surface area contributed by atoms with E-state index in [1.165, 1.54) is 16.5 Å². The second-order valence-corrected chi connectivity index (χ2v) is 5.12. The molecule has 2 aromatic heterocycles. The Balaban J connectivity index is 1.91. The van der Waals surface area contributed by atoms with Crippen LogP contribution in [0.5, 0.6) is 0 Å². The molecule has 3 rings (SSSR count). The number of benzene rings is 1. The fourth-order valence-electron chi connectivity index (χ4n) is 2.62. The molecule has 0 saturated heterocycles. The van der Waals surface area contributed by atoms with Crippen molar-refractivity contribution in [3.63, 3.8) is 0 Å². The van der Waals surface area contributed by atoms with Crippen molar-refractivity contribution in [1.82, 2.24) is 19.9 Å². The Labute approximate surface area is 118 Å². The second-order valence-electron chi connectivity index (χ2n) is 5.12. The molecule has 0 unspecified atom stereocenters. The first-order valence-corrected chi connectivity index (χ1v) is 7.02. The summed E-state index contributed by atoms with van der Waals surface area (Å²) in [5, 5.41) is 4.42. The zero-order chi connectivity index (χ0) is 13.9. The number of para-hydroxylation sites is 1. The van der Waals surface area contributed by atoms with E-state index in [0.717, 1.165) is 30.9 Å². The van der Waals surface area contributed by atoms with Gasteiger partial charge in [0.25, 0.3) is 0 Å². The van der Waals surface area contributed by atoms with Crippen LogP contribution in [0.15, 0.2) is 36.7 Å². The number of hydrogen-bond donors (Lipinski definition) is 2. The van der Waals surface area contributed by atoms with Crippen LogP contribution in [-0.2, 0) is 13.5 Å². The number of hydrogen-bond acceptors (Lipinski definition) is 2. The molecule has 0 atom stereocenters. The van der Waals surface area contributed by atoms with Crippen LogP contribution in [0.4, 0.5) is 0 Å². The third-order valence-electron chi connectivity index (χ3n) is 3.66. The third-order valence-corrected chi connectivity index (χ3v) is 3.66. The van der Waals surface area contributed by atoms with Crippen LogP contribution in [0.1, 0.15) is 12.2 Å². The van der Waals surface area contributed by atoms with E-state index in [-0.39, 0.29) is 0 Å². The van der Waals surface area contributed by atoms with Gasteiger partial charge in [0.2, 0.25) is 0 Å². The van der Waals surface area contributed by atoms with Gasteiger partial charge in [0, 0.05) is 36.1 Å². The van der Waals surface area contributed by atoms with Gasteiger partial charge in [-0.3, -0.25) is 0 Å². The normalized spacial score (nSPS) is 11.3. The van der Waals surface area contributed by atoms with E-state index in [9.17, 15) is 0 Å². The van der Waals surface area contributed by atoms with E-state index in [4.69, 9.17) is 0 Å². The lowest BCUT2D eigenvalue weighted by atomic mass is 10.1. The van der Waals surface area contributed by atoms with Gasteiger partial charge in [-0.25, -0.2) is 4.98 Å². The SMILES string of the molecule is CNCCCc1ncc(-c2cn(C)c3ccccc23)[nH]1. The molecule has 4 heteroatoms. The second kappa shape index (κ2) is 5.51. The van der Waals surface area contributed by atoms with Crippen molar-refractivity contribution < 1.29 is 0 Å². The van der Waals surface area contributed by atoms with Gasteiger partial charge in [-0.05, 0) is 26.1 Å². The minimum atomic E-state index is 0.978. The number of nitrogens with zero attached hydrogens (tertiary/aromatic N) is 2. The Morgan fingerprint density at radius 2 is 2.15 bits per heavy atom. The zero-order valence-electron chi connectivity index (χ0n) is 12.0. The lowest BCUT2D eigenvalue weighted by Gasteiger charge is -1.97. The maximum absolute atomic E-state index is 4.49. The molecule has 3 aromatic rings. The van der Waals surface area contributed by atoms with E-state index >= 15 is 0 Å². The van der Waals surface area contributed by atoms with Crippen LogP contribution in [0.25, 0.3) is 22.2 Å². The molecule has 0 fully saturated rings. The molecule has 20 heavy (non-hydrogen) atoms. The molecular weight excluding hydrogens is 248 g/mol. The summed E-state index contributed by atoms with van der Waals surface area (Å²) in [6.07, 6.45) is 6.18. The summed E-state index contributed by atoms with van der Waals surface area (Å²) < 4.78 is 2.16. The highest BCUT2D eigenvalue weighted by Gasteiger charge is 2.10. The number of aromatic amines is 1. The van der Waals surface area contributed by atoms with Gasteiger partial charge in [-0.1, -0.05) is 18.2 Å². The van der Waals surface area contributed by atoms with Gasteiger partial charge in [-0.15, -0.1) is 0 Å². The molecule has 0 amide bonds. The Hall–Kier alpha value is -2.07. The van der Waals surface area contributed by atoms with Crippen molar-refractivity contribution >= 4 is 10.9 Å². The molecule has 0 bridgehead atoms. The van der Waals surface area contributed by atoms with Crippen LogP contribution in [-0.4, -0.2) is 28.1 Å². The van der Waals surface area contributed by atoms with Crippen molar-refractivity contribution in [2.75, 3.05) is 13.6 Å². The number of imidazole rings is 1. The van der Waals surface area contributed by atoms with Crippen molar-refractivity contribution in [3.8, 4) is 11.3 Å². The molecule has 0 aliphatic carbocycles. The summed E-state index contributed by atoms with van der Waals surface area (Å²) in [6.45, 7) is 1.02. The quantitative estimate of drug-likeness (QED) is 0.699. The van der Waals surface area contributed by atoms with Crippen molar-refractivity contribution in [1.29, 1.82) is 0 Å². The molecule has 1 aromatic carbocycles. The highest BCUT2D eigenvalue weighted by molar-refractivity contribution is 5.95. The summed E-state index contributed by atoms with van der Waals surface area (Å²) in [5.74, 6) is 1.06. The molecule has 0 aliphatic heterocycles. The highest BCUT2D eigenvalue weighted by Crippen LogP contribution is 2.28. The Bertz CT molecular complexity index is 708. The lowest BCUT2D eigenvalue weighted by Crippen LogP contribution is -2.08. The molecule has 0 saturated carbocycles. The van der Waals surface area contributed by atoms with Crippen LogP contribution >= 0.6 is 0 Å². The highest BCUT2D eigenvalue weighted by atomic mass is 14.9. The van der Waals surface area contributed by atoms with E-state index < -0.39 is 0 Å². The Morgan fingerprint density at radius 3 is 3.00 bits per heavy atom. The zero-order valence-corrected chi connectivity index (χ0v) is 12.0. The van der Waals surface area contributed by atoms with Crippen LogP contribution < -0.4 is 5.32 Å². The first-order chi connectivity index (χ1) is 9.79. The predicted octanol–water partition coefficient (Wildman–Crippen LogP) is 2.72. The predicted molar refractivity (Wildman–Crippen MR) is 82.7 cm³/mol. The molecule has 2 heterocycles. The van der Waals surface area contributed by atoms with E-state index in [2.05, 4.69) is 57.4 Å². The molecular formula is C16H20N4. The number of fused-ring (bicyclic) bond motifs is 1. The molecule has 104 valence electrons. The number of aromatic nitrogens is 3. The fourth-order valence-corrected chi connectivity index (χ4v) is 2.62. The largest absolute Gasteiger partial charge is 0.350 e.